The number of anilines is 2. The third kappa shape index (κ3) is 2.29. The van der Waals surface area contributed by atoms with E-state index in [1.54, 1.807) is 0 Å². The fourth-order valence-electron chi connectivity index (χ4n) is 2.56. The maximum atomic E-state index is 10.3. The summed E-state index contributed by atoms with van der Waals surface area (Å²) in [6.07, 6.45) is -0.463. The standard InChI is InChI=1S/C16H18N2O/c1-12-6-5-9-14-16(12)17-11-18(14)10-15(19)13-7-3-2-4-8-13/h2-9,15,17,19H,10-11H2,1H3. The molecule has 98 valence electrons. The van der Waals surface area contributed by atoms with Crippen molar-refractivity contribution >= 4 is 11.4 Å². The molecule has 2 aromatic rings. The predicted octanol–water partition coefficient (Wildman–Crippen LogP) is 2.92. The number of aliphatic hydroxyl groups excluding tert-OH is 1. The van der Waals surface area contributed by atoms with Crippen molar-refractivity contribution in [2.24, 2.45) is 0 Å². The smallest absolute Gasteiger partial charge is 0.0965 e. The SMILES string of the molecule is Cc1cccc2c1NCN2CC(O)c1ccccc1. The molecule has 0 spiro atoms. The Balaban J connectivity index is 1.78. The van der Waals surface area contributed by atoms with Crippen molar-refractivity contribution < 1.29 is 5.11 Å². The van der Waals surface area contributed by atoms with Gasteiger partial charge >= 0.3 is 0 Å². The van der Waals surface area contributed by atoms with E-state index in [1.165, 1.54) is 16.9 Å². The summed E-state index contributed by atoms with van der Waals surface area (Å²) in [5.74, 6) is 0. The zero-order valence-electron chi connectivity index (χ0n) is 11.0. The van der Waals surface area contributed by atoms with Gasteiger partial charge in [0.25, 0.3) is 0 Å². The van der Waals surface area contributed by atoms with E-state index in [2.05, 4.69) is 35.3 Å². The first-order chi connectivity index (χ1) is 9.25. The van der Waals surface area contributed by atoms with Gasteiger partial charge in [0.2, 0.25) is 0 Å². The highest BCUT2D eigenvalue weighted by Crippen LogP contribution is 2.34. The summed E-state index contributed by atoms with van der Waals surface area (Å²) in [5.41, 5.74) is 4.57. The van der Waals surface area contributed by atoms with Gasteiger partial charge in [-0.05, 0) is 24.1 Å². The molecule has 1 atom stereocenters. The second-order valence-electron chi connectivity index (χ2n) is 4.95. The molecule has 0 amide bonds. The van der Waals surface area contributed by atoms with Crippen molar-refractivity contribution in [1.29, 1.82) is 0 Å². The fourth-order valence-corrected chi connectivity index (χ4v) is 2.56. The van der Waals surface area contributed by atoms with E-state index in [-0.39, 0.29) is 0 Å². The summed E-state index contributed by atoms with van der Waals surface area (Å²) >= 11 is 0. The van der Waals surface area contributed by atoms with Gasteiger partial charge in [-0.15, -0.1) is 0 Å². The van der Waals surface area contributed by atoms with Gasteiger partial charge in [0.15, 0.2) is 0 Å². The molecular formula is C16H18N2O. The van der Waals surface area contributed by atoms with Crippen LogP contribution in [-0.4, -0.2) is 18.3 Å². The highest BCUT2D eigenvalue weighted by atomic mass is 16.3. The van der Waals surface area contributed by atoms with Gasteiger partial charge in [0.1, 0.15) is 0 Å². The summed E-state index contributed by atoms with van der Waals surface area (Å²) in [7, 11) is 0. The summed E-state index contributed by atoms with van der Waals surface area (Å²) in [6, 6.07) is 16.1. The van der Waals surface area contributed by atoms with Gasteiger partial charge < -0.3 is 15.3 Å². The maximum absolute atomic E-state index is 10.3. The molecule has 2 N–H and O–H groups in total. The Hall–Kier alpha value is -2.00. The quantitative estimate of drug-likeness (QED) is 0.884. The Bertz CT molecular complexity index is 568. The number of aryl methyl sites for hydroxylation is 1. The molecule has 0 radical (unpaired) electrons. The van der Waals surface area contributed by atoms with Crippen LogP contribution in [0.2, 0.25) is 0 Å². The Morgan fingerprint density at radius 3 is 2.74 bits per heavy atom. The molecule has 3 rings (SSSR count). The Morgan fingerprint density at radius 2 is 1.95 bits per heavy atom. The number of rotatable bonds is 3. The Labute approximate surface area is 113 Å². The van der Waals surface area contributed by atoms with Crippen molar-refractivity contribution in [3.63, 3.8) is 0 Å². The Kier molecular flexibility index (Phi) is 3.13. The largest absolute Gasteiger partial charge is 0.387 e. The first kappa shape index (κ1) is 12.1. The van der Waals surface area contributed by atoms with Crippen LogP contribution in [0.4, 0.5) is 11.4 Å². The number of nitrogens with one attached hydrogen (secondary N) is 1. The van der Waals surface area contributed by atoms with Gasteiger partial charge in [-0.1, -0.05) is 42.5 Å². The van der Waals surface area contributed by atoms with Crippen LogP contribution in [0, 0.1) is 6.92 Å². The van der Waals surface area contributed by atoms with Gasteiger partial charge in [-0.2, -0.15) is 0 Å². The molecule has 0 bridgehead atoms. The summed E-state index contributed by atoms with van der Waals surface area (Å²) < 4.78 is 0. The third-order valence-electron chi connectivity index (χ3n) is 3.62. The van der Waals surface area contributed by atoms with Crippen LogP contribution in [-0.2, 0) is 0 Å². The minimum atomic E-state index is -0.463. The third-order valence-corrected chi connectivity index (χ3v) is 3.62. The zero-order valence-corrected chi connectivity index (χ0v) is 11.0. The van der Waals surface area contributed by atoms with E-state index in [0.717, 1.165) is 12.2 Å². The van der Waals surface area contributed by atoms with Crippen molar-refractivity contribution in [1.82, 2.24) is 0 Å². The van der Waals surface area contributed by atoms with Crippen LogP contribution in [0.25, 0.3) is 0 Å². The minimum Gasteiger partial charge on any atom is -0.387 e. The molecule has 0 fully saturated rings. The zero-order chi connectivity index (χ0) is 13.2. The minimum absolute atomic E-state index is 0.463. The lowest BCUT2D eigenvalue weighted by atomic mass is 10.1. The highest BCUT2D eigenvalue weighted by Gasteiger charge is 2.22. The fraction of sp³-hybridized carbons (Fsp3) is 0.250. The second-order valence-corrected chi connectivity index (χ2v) is 4.95. The van der Waals surface area contributed by atoms with Gasteiger partial charge in [-0.3, -0.25) is 0 Å². The first-order valence-electron chi connectivity index (χ1n) is 6.57. The molecule has 2 aromatic carbocycles. The van der Waals surface area contributed by atoms with Crippen LogP contribution >= 0.6 is 0 Å². The monoisotopic (exact) mass is 254 g/mol. The molecular weight excluding hydrogens is 236 g/mol. The number of β-amino-alcohol motifs (C(OH)–C–C–N with tert-alkyl or cyclic N) is 1. The van der Waals surface area contributed by atoms with E-state index in [4.69, 9.17) is 0 Å². The van der Waals surface area contributed by atoms with Crippen molar-refractivity contribution in [3.8, 4) is 0 Å². The van der Waals surface area contributed by atoms with E-state index >= 15 is 0 Å². The molecule has 1 heterocycles. The van der Waals surface area contributed by atoms with E-state index in [1.807, 2.05) is 30.3 Å². The predicted molar refractivity (Wildman–Crippen MR) is 78.4 cm³/mol. The number of aliphatic hydroxyl groups is 1. The van der Waals surface area contributed by atoms with Crippen LogP contribution < -0.4 is 10.2 Å². The number of hydrogen-bond donors (Lipinski definition) is 2. The number of hydrogen-bond acceptors (Lipinski definition) is 3. The molecule has 0 aromatic heterocycles. The van der Waals surface area contributed by atoms with Crippen LogP contribution in [0.5, 0.6) is 0 Å². The van der Waals surface area contributed by atoms with Gasteiger partial charge in [0.05, 0.1) is 24.1 Å². The highest BCUT2D eigenvalue weighted by molar-refractivity contribution is 5.77. The first-order valence-corrected chi connectivity index (χ1v) is 6.57. The number of fused-ring (bicyclic) bond motifs is 1. The molecule has 1 aliphatic heterocycles. The molecule has 3 heteroatoms. The van der Waals surface area contributed by atoms with E-state index in [9.17, 15) is 5.11 Å². The van der Waals surface area contributed by atoms with E-state index in [0.29, 0.717) is 6.54 Å². The van der Waals surface area contributed by atoms with Crippen molar-refractivity contribution in [2.45, 2.75) is 13.0 Å². The topological polar surface area (TPSA) is 35.5 Å². The van der Waals surface area contributed by atoms with Crippen LogP contribution in [0.1, 0.15) is 17.2 Å². The van der Waals surface area contributed by atoms with Crippen molar-refractivity contribution in [3.05, 3.63) is 59.7 Å². The molecule has 1 unspecified atom stereocenters. The van der Waals surface area contributed by atoms with Gasteiger partial charge in [-0.25, -0.2) is 0 Å². The molecule has 0 aliphatic carbocycles. The lowest BCUT2D eigenvalue weighted by Crippen LogP contribution is -2.28. The summed E-state index contributed by atoms with van der Waals surface area (Å²) in [4.78, 5) is 2.18. The number of para-hydroxylation sites is 1. The molecule has 0 saturated heterocycles. The lowest BCUT2D eigenvalue weighted by Gasteiger charge is -2.22. The number of benzene rings is 2. The average Bonchev–Trinajstić information content (AvgIpc) is 2.84. The van der Waals surface area contributed by atoms with Crippen LogP contribution in [0.3, 0.4) is 0 Å². The van der Waals surface area contributed by atoms with Gasteiger partial charge in [0, 0.05) is 6.54 Å². The number of nitrogens with zero attached hydrogens (tertiary/aromatic N) is 1. The molecule has 0 saturated carbocycles. The normalized spacial score (nSPS) is 14.9. The second kappa shape index (κ2) is 4.94. The molecule has 19 heavy (non-hydrogen) atoms. The molecule has 3 nitrogen and oxygen atoms in total. The maximum Gasteiger partial charge on any atom is 0.0965 e. The summed E-state index contributed by atoms with van der Waals surface area (Å²) in [5, 5.41) is 13.7. The van der Waals surface area contributed by atoms with Crippen molar-refractivity contribution in [2.75, 3.05) is 23.4 Å². The molecule has 1 aliphatic rings. The summed E-state index contributed by atoms with van der Waals surface area (Å²) in [6.45, 7) is 3.46. The van der Waals surface area contributed by atoms with Crippen LogP contribution in [0.15, 0.2) is 48.5 Å². The Morgan fingerprint density at radius 1 is 1.16 bits per heavy atom. The van der Waals surface area contributed by atoms with E-state index < -0.39 is 6.10 Å². The average molecular weight is 254 g/mol. The lowest BCUT2D eigenvalue weighted by molar-refractivity contribution is 0.184.